The molecule has 0 radical (unpaired) electrons. The van der Waals surface area contributed by atoms with Crippen molar-refractivity contribution in [1.82, 2.24) is 19.6 Å². The summed E-state index contributed by atoms with van der Waals surface area (Å²) in [7, 11) is 0. The van der Waals surface area contributed by atoms with Gasteiger partial charge in [0.2, 0.25) is 5.91 Å². The van der Waals surface area contributed by atoms with Gasteiger partial charge in [0, 0.05) is 30.4 Å². The lowest BCUT2D eigenvalue weighted by molar-refractivity contribution is -0.133. The van der Waals surface area contributed by atoms with Crippen molar-refractivity contribution in [2.75, 3.05) is 32.8 Å². The number of aromatic nitrogens is 2. The largest absolute Gasteiger partial charge is 0.394 e. The van der Waals surface area contributed by atoms with E-state index >= 15 is 0 Å². The molecule has 1 saturated heterocycles. The fourth-order valence-corrected chi connectivity index (χ4v) is 3.66. The van der Waals surface area contributed by atoms with Crippen molar-refractivity contribution in [3.05, 3.63) is 18.0 Å². The molecule has 0 aromatic carbocycles. The summed E-state index contributed by atoms with van der Waals surface area (Å²) in [6, 6.07) is 2.57. The molecule has 1 aliphatic heterocycles. The van der Waals surface area contributed by atoms with Crippen LogP contribution in [0.25, 0.3) is 0 Å². The van der Waals surface area contributed by atoms with Gasteiger partial charge in [-0.25, -0.2) is 0 Å². The van der Waals surface area contributed by atoms with E-state index in [1.807, 2.05) is 15.8 Å². The summed E-state index contributed by atoms with van der Waals surface area (Å²) in [5.74, 6) is 0.778. The molecule has 6 nitrogen and oxygen atoms in total. The van der Waals surface area contributed by atoms with Crippen LogP contribution >= 0.6 is 0 Å². The van der Waals surface area contributed by atoms with Gasteiger partial charge in [0.05, 0.1) is 19.7 Å². The zero-order valence-electron chi connectivity index (χ0n) is 14.0. The van der Waals surface area contributed by atoms with Crippen molar-refractivity contribution in [1.29, 1.82) is 0 Å². The highest BCUT2D eigenvalue weighted by Crippen LogP contribution is 2.29. The van der Waals surface area contributed by atoms with Gasteiger partial charge in [0.1, 0.15) is 0 Å². The summed E-state index contributed by atoms with van der Waals surface area (Å²) in [6.07, 6.45) is 6.28. The van der Waals surface area contributed by atoms with Crippen LogP contribution in [-0.2, 0) is 11.3 Å². The Bertz CT molecular complexity index is 518. The molecular weight excluding hydrogens is 292 g/mol. The second kappa shape index (κ2) is 7.45. The molecule has 2 aliphatic rings. The van der Waals surface area contributed by atoms with Gasteiger partial charge in [-0.05, 0) is 51.8 Å². The van der Waals surface area contributed by atoms with Crippen molar-refractivity contribution in [3.63, 3.8) is 0 Å². The van der Waals surface area contributed by atoms with Crippen LogP contribution in [0.1, 0.15) is 44.2 Å². The van der Waals surface area contributed by atoms with Gasteiger partial charge < -0.3 is 10.0 Å². The molecule has 0 atom stereocenters. The summed E-state index contributed by atoms with van der Waals surface area (Å²) in [5.41, 5.74) is 1.22. The van der Waals surface area contributed by atoms with Gasteiger partial charge in [0.15, 0.2) is 0 Å². The fourth-order valence-electron chi connectivity index (χ4n) is 3.66. The molecule has 0 unspecified atom stereocenters. The molecule has 2 heterocycles. The first-order valence-electron chi connectivity index (χ1n) is 8.87. The second-order valence-electron chi connectivity index (χ2n) is 6.66. The van der Waals surface area contributed by atoms with Crippen molar-refractivity contribution >= 4 is 5.91 Å². The molecule has 128 valence electrons. The van der Waals surface area contributed by atoms with E-state index in [1.54, 1.807) is 0 Å². The molecule has 1 aliphatic carbocycles. The molecule has 2 fully saturated rings. The lowest BCUT2D eigenvalue weighted by atomic mass is 9.93. The topological polar surface area (TPSA) is 61.6 Å². The third-order valence-corrected chi connectivity index (χ3v) is 5.07. The van der Waals surface area contributed by atoms with Crippen LogP contribution in [0.2, 0.25) is 0 Å². The molecule has 3 rings (SSSR count). The fraction of sp³-hybridized carbons (Fsp3) is 0.765. The van der Waals surface area contributed by atoms with Gasteiger partial charge in [-0.3, -0.25) is 14.4 Å². The third kappa shape index (κ3) is 3.93. The predicted molar refractivity (Wildman–Crippen MR) is 88.1 cm³/mol. The lowest BCUT2D eigenvalue weighted by Gasteiger charge is -2.33. The van der Waals surface area contributed by atoms with E-state index in [-0.39, 0.29) is 6.61 Å². The minimum atomic E-state index is 0.121. The zero-order valence-corrected chi connectivity index (χ0v) is 14.0. The highest BCUT2D eigenvalue weighted by atomic mass is 16.3. The number of likely N-dealkylation sites (tertiary alicyclic amines) is 1. The highest BCUT2D eigenvalue weighted by molar-refractivity contribution is 5.78. The average Bonchev–Trinajstić information content (AvgIpc) is 3.28. The van der Waals surface area contributed by atoms with Crippen LogP contribution in [0.4, 0.5) is 0 Å². The second-order valence-corrected chi connectivity index (χ2v) is 6.66. The number of likely N-dealkylation sites (N-methyl/N-ethyl adjacent to an activating group) is 1. The number of rotatable bonds is 7. The Balaban J connectivity index is 1.50. The molecule has 0 bridgehead atoms. The zero-order chi connectivity index (χ0) is 16.2. The van der Waals surface area contributed by atoms with Gasteiger partial charge in [-0.2, -0.15) is 5.10 Å². The summed E-state index contributed by atoms with van der Waals surface area (Å²) in [6.45, 7) is 6.08. The molecule has 1 amide bonds. The molecule has 6 heteroatoms. The molecular formula is C17H28N4O2. The van der Waals surface area contributed by atoms with Gasteiger partial charge in [0.25, 0.3) is 0 Å². The molecule has 0 spiro atoms. The minimum absolute atomic E-state index is 0.121. The Kier molecular flexibility index (Phi) is 5.33. The van der Waals surface area contributed by atoms with Gasteiger partial charge in [-0.15, -0.1) is 0 Å². The van der Waals surface area contributed by atoms with E-state index in [2.05, 4.69) is 23.0 Å². The summed E-state index contributed by atoms with van der Waals surface area (Å²) in [5, 5.41) is 13.4. The number of aliphatic hydroxyl groups excluding tert-OH is 1. The van der Waals surface area contributed by atoms with Crippen molar-refractivity contribution in [3.8, 4) is 0 Å². The van der Waals surface area contributed by atoms with Gasteiger partial charge in [-0.1, -0.05) is 0 Å². The highest BCUT2D eigenvalue weighted by Gasteiger charge is 2.32. The molecule has 1 aromatic heterocycles. The Morgan fingerprint density at radius 1 is 1.35 bits per heavy atom. The van der Waals surface area contributed by atoms with Crippen LogP contribution in [0.15, 0.2) is 12.3 Å². The third-order valence-electron chi connectivity index (χ3n) is 5.07. The Morgan fingerprint density at radius 2 is 2.09 bits per heavy atom. The molecule has 1 N–H and O–H groups in total. The predicted octanol–water partition coefficient (Wildman–Crippen LogP) is 1.07. The maximum atomic E-state index is 12.4. The van der Waals surface area contributed by atoms with Crippen LogP contribution < -0.4 is 0 Å². The van der Waals surface area contributed by atoms with Crippen molar-refractivity contribution in [2.45, 2.75) is 51.1 Å². The van der Waals surface area contributed by atoms with E-state index < -0.39 is 0 Å². The summed E-state index contributed by atoms with van der Waals surface area (Å²) < 4.78 is 1.91. The number of piperidine rings is 1. The standard InChI is InChI=1S/C17H28N4O2/c1-2-20(15-3-4-15)17(23)13-19-9-6-14(7-10-19)16-5-8-18-21(16)11-12-22/h5,8,14-15,22H,2-4,6-7,9-13H2,1H3. The van der Waals surface area contributed by atoms with Crippen LogP contribution in [0.3, 0.4) is 0 Å². The number of aliphatic hydroxyl groups is 1. The average molecular weight is 320 g/mol. The van der Waals surface area contributed by atoms with E-state index in [4.69, 9.17) is 5.11 Å². The van der Waals surface area contributed by atoms with Crippen molar-refractivity contribution in [2.24, 2.45) is 0 Å². The molecule has 1 aromatic rings. The monoisotopic (exact) mass is 320 g/mol. The van der Waals surface area contributed by atoms with Crippen LogP contribution in [0.5, 0.6) is 0 Å². The maximum absolute atomic E-state index is 12.4. The Labute approximate surface area is 138 Å². The number of carbonyl (C=O) groups is 1. The molecule has 1 saturated carbocycles. The Morgan fingerprint density at radius 3 is 2.70 bits per heavy atom. The summed E-state index contributed by atoms with van der Waals surface area (Å²) >= 11 is 0. The quantitative estimate of drug-likeness (QED) is 0.816. The van der Waals surface area contributed by atoms with E-state index in [0.29, 0.717) is 31.0 Å². The maximum Gasteiger partial charge on any atom is 0.236 e. The number of hydrogen-bond acceptors (Lipinski definition) is 4. The van der Waals surface area contributed by atoms with Crippen LogP contribution in [-0.4, -0.2) is 69.4 Å². The summed E-state index contributed by atoms with van der Waals surface area (Å²) in [4.78, 5) is 16.7. The van der Waals surface area contributed by atoms with Crippen molar-refractivity contribution < 1.29 is 9.90 Å². The number of carbonyl (C=O) groups excluding carboxylic acids is 1. The normalized spacial score (nSPS) is 19.9. The molecule has 23 heavy (non-hydrogen) atoms. The first-order chi connectivity index (χ1) is 11.2. The minimum Gasteiger partial charge on any atom is -0.394 e. The lowest BCUT2D eigenvalue weighted by Crippen LogP contribution is -2.44. The van der Waals surface area contributed by atoms with E-state index in [1.165, 1.54) is 18.5 Å². The van der Waals surface area contributed by atoms with Crippen LogP contribution in [0, 0.1) is 0 Å². The SMILES string of the molecule is CCN(C(=O)CN1CCC(c2ccnn2CCO)CC1)C1CC1. The first-order valence-corrected chi connectivity index (χ1v) is 8.87. The van der Waals surface area contributed by atoms with E-state index in [9.17, 15) is 4.79 Å². The number of hydrogen-bond donors (Lipinski definition) is 1. The van der Waals surface area contributed by atoms with E-state index in [0.717, 1.165) is 32.5 Å². The van der Waals surface area contributed by atoms with Gasteiger partial charge >= 0.3 is 0 Å². The number of nitrogens with zero attached hydrogens (tertiary/aromatic N) is 4. The number of amides is 1. The first kappa shape index (κ1) is 16.5. The smallest absolute Gasteiger partial charge is 0.236 e. The Hall–Kier alpha value is -1.40.